The van der Waals surface area contributed by atoms with Gasteiger partial charge in [0.25, 0.3) is 5.91 Å². The normalized spacial score (nSPS) is 11.5. The molecule has 0 aromatic heterocycles. The number of carbonyl (C=O) groups excluding carboxylic acids is 1. The van der Waals surface area contributed by atoms with E-state index in [1.807, 2.05) is 0 Å². The summed E-state index contributed by atoms with van der Waals surface area (Å²) in [5, 5.41) is 0. The van der Waals surface area contributed by atoms with Crippen molar-refractivity contribution in [1.29, 1.82) is 0 Å². The van der Waals surface area contributed by atoms with E-state index in [0.29, 0.717) is 0 Å². The van der Waals surface area contributed by atoms with Crippen molar-refractivity contribution >= 4 is 17.5 Å². The van der Waals surface area contributed by atoms with Gasteiger partial charge in [-0.15, -0.1) is 11.6 Å². The molecule has 0 aliphatic heterocycles. The molecule has 1 rings (SSSR count). The molecule has 0 heterocycles. The van der Waals surface area contributed by atoms with Crippen LogP contribution in [0.3, 0.4) is 0 Å². The van der Waals surface area contributed by atoms with Crippen LogP contribution in [0.5, 0.6) is 0 Å². The Labute approximate surface area is 110 Å². The molecule has 2 nitrogen and oxygen atoms in total. The maximum Gasteiger partial charge on any atom is 0.406 e. The Morgan fingerprint density at radius 3 is 2.16 bits per heavy atom. The van der Waals surface area contributed by atoms with Crippen LogP contribution in [0.4, 0.5) is 22.0 Å². The highest BCUT2D eigenvalue weighted by molar-refractivity contribution is 6.18. The second-order valence-corrected chi connectivity index (χ2v) is 4.01. The van der Waals surface area contributed by atoms with Crippen molar-refractivity contribution < 1.29 is 26.7 Å². The van der Waals surface area contributed by atoms with E-state index in [1.165, 1.54) is 0 Å². The zero-order chi connectivity index (χ0) is 14.6. The molecule has 8 heteroatoms. The van der Waals surface area contributed by atoms with E-state index in [0.717, 1.165) is 18.2 Å². The SMILES string of the molecule is O=C(c1c(F)cccc1F)N(CCCl)CC(F)(F)F. The van der Waals surface area contributed by atoms with E-state index in [4.69, 9.17) is 11.6 Å². The molecule has 106 valence electrons. The number of carbonyl (C=O) groups is 1. The number of hydrogen-bond acceptors (Lipinski definition) is 1. The molecule has 0 fully saturated rings. The number of halogens is 6. The lowest BCUT2D eigenvalue weighted by molar-refractivity contribution is -0.140. The molecule has 0 atom stereocenters. The standard InChI is InChI=1S/C11H9ClF5NO/c12-4-5-18(6-11(15,16)17)10(19)9-7(13)2-1-3-8(9)14/h1-3H,4-6H2. The van der Waals surface area contributed by atoms with E-state index < -0.39 is 42.4 Å². The summed E-state index contributed by atoms with van der Waals surface area (Å²) < 4.78 is 63.5. The first kappa shape index (κ1) is 15.7. The Hall–Kier alpha value is -1.37. The highest BCUT2D eigenvalue weighted by Gasteiger charge is 2.34. The van der Waals surface area contributed by atoms with E-state index in [-0.39, 0.29) is 10.8 Å². The Morgan fingerprint density at radius 1 is 1.21 bits per heavy atom. The maximum atomic E-state index is 13.3. The highest BCUT2D eigenvalue weighted by atomic mass is 35.5. The topological polar surface area (TPSA) is 20.3 Å². The second kappa shape index (κ2) is 6.18. The lowest BCUT2D eigenvalue weighted by Crippen LogP contribution is -2.40. The Balaban J connectivity index is 3.06. The molecule has 19 heavy (non-hydrogen) atoms. The number of rotatable bonds is 4. The van der Waals surface area contributed by atoms with Crippen LogP contribution in [0.25, 0.3) is 0 Å². The molecule has 0 N–H and O–H groups in total. The molecule has 0 saturated heterocycles. The molecule has 0 spiro atoms. The molecule has 0 bridgehead atoms. The minimum Gasteiger partial charge on any atom is -0.328 e. The summed E-state index contributed by atoms with van der Waals surface area (Å²) in [7, 11) is 0. The number of hydrogen-bond donors (Lipinski definition) is 0. The fourth-order valence-corrected chi connectivity index (χ4v) is 1.64. The molecule has 0 aliphatic rings. The van der Waals surface area contributed by atoms with Gasteiger partial charge in [-0.05, 0) is 12.1 Å². The molecule has 0 aliphatic carbocycles. The summed E-state index contributed by atoms with van der Waals surface area (Å²) in [6.07, 6.45) is -4.68. The monoisotopic (exact) mass is 301 g/mol. The quantitative estimate of drug-likeness (QED) is 0.618. The van der Waals surface area contributed by atoms with Crippen LogP contribution in [-0.2, 0) is 0 Å². The summed E-state index contributed by atoms with van der Waals surface area (Å²) in [6.45, 7) is -2.08. The first-order valence-electron chi connectivity index (χ1n) is 5.12. The van der Waals surface area contributed by atoms with Crippen molar-refractivity contribution in [2.75, 3.05) is 19.0 Å². The first-order valence-corrected chi connectivity index (χ1v) is 5.65. The van der Waals surface area contributed by atoms with Crippen molar-refractivity contribution in [3.8, 4) is 0 Å². The van der Waals surface area contributed by atoms with Crippen molar-refractivity contribution in [3.63, 3.8) is 0 Å². The van der Waals surface area contributed by atoms with Gasteiger partial charge in [-0.1, -0.05) is 6.07 Å². The number of alkyl halides is 4. The Kier molecular flexibility index (Phi) is 5.11. The van der Waals surface area contributed by atoms with E-state index in [2.05, 4.69) is 0 Å². The summed E-state index contributed by atoms with van der Waals surface area (Å²) >= 11 is 5.29. The fourth-order valence-electron chi connectivity index (χ4n) is 1.43. The van der Waals surface area contributed by atoms with Crippen LogP contribution in [0.15, 0.2) is 18.2 Å². The molecule has 0 saturated carbocycles. The third-order valence-corrected chi connectivity index (χ3v) is 2.36. The minimum atomic E-state index is -4.68. The lowest BCUT2D eigenvalue weighted by atomic mass is 10.1. The zero-order valence-corrected chi connectivity index (χ0v) is 10.2. The van der Waals surface area contributed by atoms with E-state index in [9.17, 15) is 26.7 Å². The third-order valence-electron chi connectivity index (χ3n) is 2.19. The van der Waals surface area contributed by atoms with Gasteiger partial charge in [0.1, 0.15) is 23.7 Å². The maximum absolute atomic E-state index is 13.3. The van der Waals surface area contributed by atoms with Crippen LogP contribution >= 0.6 is 11.6 Å². The average Bonchev–Trinajstić information content (AvgIpc) is 2.26. The van der Waals surface area contributed by atoms with Crippen LogP contribution in [0, 0.1) is 11.6 Å². The van der Waals surface area contributed by atoms with Gasteiger partial charge in [-0.2, -0.15) is 13.2 Å². The number of amides is 1. The van der Waals surface area contributed by atoms with Gasteiger partial charge in [-0.3, -0.25) is 4.79 Å². The minimum absolute atomic E-state index is 0.258. The average molecular weight is 302 g/mol. The third kappa shape index (κ3) is 4.34. The van der Waals surface area contributed by atoms with Gasteiger partial charge < -0.3 is 4.90 Å². The van der Waals surface area contributed by atoms with Crippen molar-refractivity contribution in [2.45, 2.75) is 6.18 Å². The van der Waals surface area contributed by atoms with Gasteiger partial charge in [0.2, 0.25) is 0 Å². The van der Waals surface area contributed by atoms with Gasteiger partial charge in [-0.25, -0.2) is 8.78 Å². The zero-order valence-electron chi connectivity index (χ0n) is 9.48. The molecule has 0 unspecified atom stereocenters. The van der Waals surface area contributed by atoms with E-state index in [1.54, 1.807) is 0 Å². The van der Waals surface area contributed by atoms with Crippen molar-refractivity contribution in [2.24, 2.45) is 0 Å². The Morgan fingerprint density at radius 2 is 1.74 bits per heavy atom. The summed E-state index contributed by atoms with van der Waals surface area (Å²) in [5.41, 5.74) is -1.02. The van der Waals surface area contributed by atoms with Crippen LogP contribution in [0.2, 0.25) is 0 Å². The van der Waals surface area contributed by atoms with Gasteiger partial charge in [0.05, 0.1) is 0 Å². The largest absolute Gasteiger partial charge is 0.406 e. The van der Waals surface area contributed by atoms with Crippen molar-refractivity contribution in [3.05, 3.63) is 35.4 Å². The lowest BCUT2D eigenvalue weighted by Gasteiger charge is -2.23. The molecular weight excluding hydrogens is 293 g/mol. The number of benzene rings is 1. The number of nitrogens with zero attached hydrogens (tertiary/aromatic N) is 1. The molecule has 1 amide bonds. The molecule has 1 aromatic rings. The predicted octanol–water partition coefficient (Wildman–Crippen LogP) is 3.21. The Bertz CT molecular complexity index is 443. The van der Waals surface area contributed by atoms with Crippen LogP contribution in [0.1, 0.15) is 10.4 Å². The van der Waals surface area contributed by atoms with Gasteiger partial charge >= 0.3 is 6.18 Å². The molecule has 1 aromatic carbocycles. The van der Waals surface area contributed by atoms with Gasteiger partial charge in [0, 0.05) is 12.4 Å². The predicted molar refractivity (Wildman–Crippen MR) is 59.0 cm³/mol. The smallest absolute Gasteiger partial charge is 0.328 e. The molecular formula is C11H9ClF5NO. The van der Waals surface area contributed by atoms with Crippen LogP contribution in [-0.4, -0.2) is 36.0 Å². The first-order chi connectivity index (χ1) is 8.76. The fraction of sp³-hybridized carbons (Fsp3) is 0.364. The van der Waals surface area contributed by atoms with Crippen LogP contribution < -0.4 is 0 Å². The van der Waals surface area contributed by atoms with Gasteiger partial charge in [0.15, 0.2) is 0 Å². The second-order valence-electron chi connectivity index (χ2n) is 3.63. The highest BCUT2D eigenvalue weighted by Crippen LogP contribution is 2.20. The summed E-state index contributed by atoms with van der Waals surface area (Å²) in [6, 6.07) is 2.60. The van der Waals surface area contributed by atoms with Crippen molar-refractivity contribution in [1.82, 2.24) is 4.90 Å². The summed E-state index contributed by atoms with van der Waals surface area (Å²) in [5.74, 6) is -4.09. The summed E-state index contributed by atoms with van der Waals surface area (Å²) in [4.78, 5) is 12.0. The molecule has 0 radical (unpaired) electrons. The van der Waals surface area contributed by atoms with E-state index >= 15 is 0 Å².